The van der Waals surface area contributed by atoms with E-state index in [0.29, 0.717) is 10.6 Å². The first kappa shape index (κ1) is 20.1. The third kappa shape index (κ3) is 4.22. The van der Waals surface area contributed by atoms with Crippen LogP contribution in [0.25, 0.3) is 11.5 Å². The molecule has 1 N–H and O–H groups in total. The average molecular weight is 443 g/mol. The Morgan fingerprint density at radius 2 is 1.60 bits per heavy atom. The molecule has 0 spiro atoms. The van der Waals surface area contributed by atoms with Gasteiger partial charge in [0.25, 0.3) is 0 Å². The van der Waals surface area contributed by atoms with Gasteiger partial charge in [0.1, 0.15) is 5.82 Å². The molecule has 0 fully saturated rings. The largest absolute Gasteiger partial charge is 0.419 e. The first-order valence-electron chi connectivity index (χ1n) is 8.99. The van der Waals surface area contributed by atoms with Gasteiger partial charge in [-0.2, -0.15) is 4.98 Å². The summed E-state index contributed by atoms with van der Waals surface area (Å²) in [6.07, 6.45) is 0. The summed E-state index contributed by atoms with van der Waals surface area (Å²) in [7, 11) is -3.97. The lowest BCUT2D eigenvalue weighted by Gasteiger charge is -2.06. The van der Waals surface area contributed by atoms with Gasteiger partial charge in [-0.3, -0.25) is 0 Å². The second-order valence-corrected chi connectivity index (χ2v) is 8.76. The number of halogens is 2. The van der Waals surface area contributed by atoms with Gasteiger partial charge in [0.15, 0.2) is 0 Å². The third-order valence-electron chi connectivity index (χ3n) is 4.36. The quantitative estimate of drug-likeness (QED) is 0.422. The molecule has 8 heteroatoms. The number of benzene rings is 3. The van der Waals surface area contributed by atoms with E-state index >= 15 is 0 Å². The predicted octanol–water partition coefficient (Wildman–Crippen LogP) is 5.58. The van der Waals surface area contributed by atoms with E-state index in [2.05, 4.69) is 10.3 Å². The maximum Gasteiger partial charge on any atom is 0.234 e. The van der Waals surface area contributed by atoms with E-state index in [1.165, 1.54) is 36.4 Å². The van der Waals surface area contributed by atoms with Crippen molar-refractivity contribution in [2.75, 3.05) is 5.32 Å². The van der Waals surface area contributed by atoms with E-state index in [1.807, 2.05) is 6.07 Å². The minimum Gasteiger partial charge on any atom is -0.419 e. The molecule has 0 saturated heterocycles. The van der Waals surface area contributed by atoms with Gasteiger partial charge < -0.3 is 9.73 Å². The Morgan fingerprint density at radius 1 is 0.933 bits per heavy atom. The first-order chi connectivity index (χ1) is 14.4. The molecule has 1 heterocycles. The number of nitrogens with one attached hydrogen (secondary N) is 1. The molecule has 0 aliphatic carbocycles. The van der Waals surface area contributed by atoms with Crippen molar-refractivity contribution >= 4 is 27.3 Å². The molecule has 30 heavy (non-hydrogen) atoms. The fourth-order valence-electron chi connectivity index (χ4n) is 2.81. The Kier molecular flexibility index (Phi) is 5.57. The second-order valence-electron chi connectivity index (χ2n) is 6.46. The molecule has 0 radical (unpaired) electrons. The molecule has 0 amide bonds. The average Bonchev–Trinajstić information content (AvgIpc) is 3.20. The van der Waals surface area contributed by atoms with Gasteiger partial charge in [0.05, 0.1) is 4.90 Å². The number of oxazole rings is 1. The van der Waals surface area contributed by atoms with Crippen molar-refractivity contribution in [1.82, 2.24) is 4.98 Å². The molecular weight excluding hydrogens is 427 g/mol. The summed E-state index contributed by atoms with van der Waals surface area (Å²) in [5, 5.41) is 3.16. The van der Waals surface area contributed by atoms with Crippen molar-refractivity contribution in [2.24, 2.45) is 0 Å². The second kappa shape index (κ2) is 8.30. The molecular formula is C22H16ClFN2O3S. The zero-order valence-electron chi connectivity index (χ0n) is 15.5. The van der Waals surface area contributed by atoms with Crippen molar-refractivity contribution < 1.29 is 17.2 Å². The van der Waals surface area contributed by atoms with Crippen LogP contribution in [0.1, 0.15) is 5.56 Å². The van der Waals surface area contributed by atoms with Crippen molar-refractivity contribution in [2.45, 2.75) is 16.5 Å². The van der Waals surface area contributed by atoms with E-state index in [1.54, 1.807) is 36.4 Å². The van der Waals surface area contributed by atoms with Gasteiger partial charge >= 0.3 is 0 Å². The van der Waals surface area contributed by atoms with Crippen LogP contribution in [-0.2, 0) is 16.4 Å². The van der Waals surface area contributed by atoms with Crippen LogP contribution in [0.2, 0.25) is 5.02 Å². The highest BCUT2D eigenvalue weighted by molar-refractivity contribution is 7.91. The molecule has 0 aliphatic heterocycles. The summed E-state index contributed by atoms with van der Waals surface area (Å²) in [6.45, 7) is 0.229. The number of aromatic nitrogens is 1. The summed E-state index contributed by atoms with van der Waals surface area (Å²) < 4.78 is 45.3. The van der Waals surface area contributed by atoms with E-state index in [9.17, 15) is 12.8 Å². The van der Waals surface area contributed by atoms with Gasteiger partial charge in [0.2, 0.25) is 26.6 Å². The summed E-state index contributed by atoms with van der Waals surface area (Å²) in [5.74, 6) is -0.173. The van der Waals surface area contributed by atoms with Crippen LogP contribution in [0.3, 0.4) is 0 Å². The van der Waals surface area contributed by atoms with Crippen LogP contribution in [-0.4, -0.2) is 13.4 Å². The highest BCUT2D eigenvalue weighted by Gasteiger charge is 2.28. The lowest BCUT2D eigenvalue weighted by molar-refractivity contribution is 0.576. The number of hydrogen-bond donors (Lipinski definition) is 1. The Morgan fingerprint density at radius 3 is 2.27 bits per heavy atom. The number of rotatable bonds is 6. The number of hydrogen-bond acceptors (Lipinski definition) is 5. The molecule has 3 aromatic carbocycles. The van der Waals surface area contributed by atoms with Crippen molar-refractivity contribution in [1.29, 1.82) is 0 Å². The van der Waals surface area contributed by atoms with Crippen LogP contribution in [0, 0.1) is 5.82 Å². The fourth-order valence-corrected chi connectivity index (χ4v) is 4.22. The standard InChI is InChI=1S/C22H16ClFN2O3S/c23-17-8-12-19(13-9-17)30(27,28)22-21(25-14-15-6-10-18(24)11-7-15)29-20(26-22)16-4-2-1-3-5-16/h1-13,25H,14H2. The summed E-state index contributed by atoms with van der Waals surface area (Å²) in [6, 6.07) is 20.7. The third-order valence-corrected chi connectivity index (χ3v) is 6.29. The maximum absolute atomic E-state index is 13.2. The number of sulfone groups is 1. The molecule has 0 bridgehead atoms. The van der Waals surface area contributed by atoms with Crippen LogP contribution < -0.4 is 5.32 Å². The topological polar surface area (TPSA) is 72.2 Å². The SMILES string of the molecule is O=S(=O)(c1ccc(Cl)cc1)c1nc(-c2ccccc2)oc1NCc1ccc(F)cc1. The molecule has 0 unspecified atom stereocenters. The van der Waals surface area contributed by atoms with E-state index in [4.69, 9.17) is 16.0 Å². The summed E-state index contributed by atoms with van der Waals surface area (Å²) in [4.78, 5) is 4.31. The van der Waals surface area contributed by atoms with Crippen LogP contribution in [0.4, 0.5) is 10.3 Å². The van der Waals surface area contributed by atoms with Crippen LogP contribution in [0.15, 0.2) is 93.2 Å². The molecule has 152 valence electrons. The van der Waals surface area contributed by atoms with Crippen molar-refractivity contribution in [3.05, 3.63) is 95.3 Å². The van der Waals surface area contributed by atoms with Gasteiger partial charge in [-0.15, -0.1) is 0 Å². The van der Waals surface area contributed by atoms with Crippen LogP contribution in [0.5, 0.6) is 0 Å². The Balaban J connectivity index is 1.74. The molecule has 0 atom stereocenters. The Labute approximate surface area is 178 Å². The fraction of sp³-hybridized carbons (Fsp3) is 0.0455. The molecule has 4 aromatic rings. The Hall–Kier alpha value is -3.16. The minimum atomic E-state index is -3.97. The van der Waals surface area contributed by atoms with Gasteiger partial charge in [-0.25, -0.2) is 12.8 Å². The normalized spacial score (nSPS) is 11.4. The molecule has 5 nitrogen and oxygen atoms in total. The summed E-state index contributed by atoms with van der Waals surface area (Å²) in [5.41, 5.74) is 1.39. The van der Waals surface area contributed by atoms with Crippen molar-refractivity contribution in [3.8, 4) is 11.5 Å². The highest BCUT2D eigenvalue weighted by atomic mass is 35.5. The van der Waals surface area contributed by atoms with Gasteiger partial charge in [0, 0.05) is 17.1 Å². The van der Waals surface area contributed by atoms with Gasteiger partial charge in [-0.05, 0) is 54.1 Å². The summed E-state index contributed by atoms with van der Waals surface area (Å²) >= 11 is 5.88. The van der Waals surface area contributed by atoms with Gasteiger partial charge in [-0.1, -0.05) is 41.9 Å². The lowest BCUT2D eigenvalue weighted by Crippen LogP contribution is -2.07. The van der Waals surface area contributed by atoms with E-state index in [0.717, 1.165) is 5.56 Å². The zero-order valence-corrected chi connectivity index (χ0v) is 17.1. The Bertz CT molecular complexity index is 1260. The molecule has 0 aliphatic rings. The molecule has 1 aromatic heterocycles. The predicted molar refractivity (Wildman–Crippen MR) is 113 cm³/mol. The molecule has 0 saturated carbocycles. The van der Waals surface area contributed by atoms with E-state index < -0.39 is 9.84 Å². The molecule has 4 rings (SSSR count). The number of anilines is 1. The lowest BCUT2D eigenvalue weighted by atomic mass is 10.2. The van der Waals surface area contributed by atoms with Crippen molar-refractivity contribution in [3.63, 3.8) is 0 Å². The minimum absolute atomic E-state index is 0.00753. The smallest absolute Gasteiger partial charge is 0.234 e. The van der Waals surface area contributed by atoms with E-state index in [-0.39, 0.29) is 34.1 Å². The zero-order chi connectivity index (χ0) is 21.1. The monoisotopic (exact) mass is 442 g/mol. The first-order valence-corrected chi connectivity index (χ1v) is 10.8. The van der Waals surface area contributed by atoms with Crippen LogP contribution >= 0.6 is 11.6 Å². The highest BCUT2D eigenvalue weighted by Crippen LogP contribution is 2.33. The number of nitrogens with zero attached hydrogens (tertiary/aromatic N) is 1. The maximum atomic E-state index is 13.2.